The third-order valence-corrected chi connectivity index (χ3v) is 6.02. The van der Waals surface area contributed by atoms with Gasteiger partial charge in [-0.25, -0.2) is 18.1 Å². The van der Waals surface area contributed by atoms with Crippen LogP contribution in [0.5, 0.6) is 5.75 Å². The first kappa shape index (κ1) is 22.5. The highest BCUT2D eigenvalue weighted by molar-refractivity contribution is 7.89. The molecular weight excluding hydrogens is 422 g/mol. The molecule has 2 aromatic carbocycles. The van der Waals surface area contributed by atoms with Gasteiger partial charge < -0.3 is 15.4 Å². The minimum absolute atomic E-state index is 0.0415. The summed E-state index contributed by atoms with van der Waals surface area (Å²) in [7, 11) is -3.86. The highest BCUT2D eigenvalue weighted by Gasteiger charge is 2.22. The summed E-state index contributed by atoms with van der Waals surface area (Å²) in [6.45, 7) is 3.41. The van der Waals surface area contributed by atoms with Crippen LogP contribution in [0.15, 0.2) is 58.4 Å². The van der Waals surface area contributed by atoms with Gasteiger partial charge in [0.05, 0.1) is 16.4 Å². The average molecular weight is 448 g/mol. The predicted molar refractivity (Wildman–Crippen MR) is 117 cm³/mol. The van der Waals surface area contributed by atoms with Gasteiger partial charge in [-0.1, -0.05) is 24.3 Å². The highest BCUT2D eigenvalue weighted by Crippen LogP contribution is 2.28. The number of ether oxygens (including phenoxy) is 1. The summed E-state index contributed by atoms with van der Waals surface area (Å²) in [6, 6.07) is 12.8. The van der Waals surface area contributed by atoms with Crippen molar-refractivity contribution in [2.75, 3.05) is 26.2 Å². The van der Waals surface area contributed by atoms with E-state index in [1.165, 1.54) is 18.2 Å². The molecule has 0 fully saturated rings. The fourth-order valence-electron chi connectivity index (χ4n) is 3.10. The Labute approximate surface area is 180 Å². The number of fused-ring (bicyclic) bond motifs is 1. The maximum Gasteiger partial charge on any atom is 0.270 e. The van der Waals surface area contributed by atoms with E-state index in [1.54, 1.807) is 0 Å². The molecule has 0 aromatic heterocycles. The second-order valence-corrected chi connectivity index (χ2v) is 8.62. The first-order chi connectivity index (χ1) is 14.9. The van der Waals surface area contributed by atoms with Crippen molar-refractivity contribution in [1.29, 1.82) is 0 Å². The van der Waals surface area contributed by atoms with E-state index in [0.29, 0.717) is 19.0 Å². The van der Waals surface area contributed by atoms with E-state index in [4.69, 9.17) is 4.74 Å². The summed E-state index contributed by atoms with van der Waals surface area (Å²) in [5.74, 6) is 1.44. The predicted octanol–water partition coefficient (Wildman–Crippen LogP) is 1.43. The molecule has 0 saturated heterocycles. The maximum absolute atomic E-state index is 12.4. The van der Waals surface area contributed by atoms with Crippen molar-refractivity contribution in [3.63, 3.8) is 0 Å². The van der Waals surface area contributed by atoms with Gasteiger partial charge in [-0.05, 0) is 24.6 Å². The lowest BCUT2D eigenvalue weighted by molar-refractivity contribution is -0.385. The minimum atomic E-state index is -3.86. The Hall–Kier alpha value is -3.18. The lowest BCUT2D eigenvalue weighted by Crippen LogP contribution is -2.42. The van der Waals surface area contributed by atoms with E-state index < -0.39 is 14.9 Å². The summed E-state index contributed by atoms with van der Waals surface area (Å²) in [4.78, 5) is 14.6. The topological polar surface area (TPSA) is 135 Å². The number of rotatable bonds is 9. The van der Waals surface area contributed by atoms with E-state index in [0.717, 1.165) is 23.8 Å². The van der Waals surface area contributed by atoms with Crippen LogP contribution in [0.4, 0.5) is 5.69 Å². The Balaban J connectivity index is 1.50. The van der Waals surface area contributed by atoms with E-state index in [2.05, 4.69) is 20.3 Å². The first-order valence-electron chi connectivity index (χ1n) is 9.90. The Morgan fingerprint density at radius 3 is 2.74 bits per heavy atom. The number of nitro benzene ring substituents is 1. The molecule has 0 aliphatic carbocycles. The standard InChI is InChI=1S/C20H25N5O5S/c1-2-21-20(23-14-17-12-15-6-3-4-9-19(15)30-17)22-10-11-24-31(28,29)18-8-5-7-16(13-18)25(26)27/h3-9,13,17,24H,2,10-12,14H2,1H3,(H2,21,22,23). The number of guanidine groups is 1. The average Bonchev–Trinajstić information content (AvgIpc) is 3.18. The zero-order valence-electron chi connectivity index (χ0n) is 17.1. The number of aliphatic imine (C=N–C) groups is 1. The molecule has 0 radical (unpaired) electrons. The number of nitrogens with one attached hydrogen (secondary N) is 3. The second kappa shape index (κ2) is 10.2. The van der Waals surface area contributed by atoms with Gasteiger partial charge in [0.15, 0.2) is 5.96 Å². The van der Waals surface area contributed by atoms with Crippen molar-refractivity contribution in [1.82, 2.24) is 15.4 Å². The van der Waals surface area contributed by atoms with E-state index in [1.807, 2.05) is 31.2 Å². The molecule has 10 nitrogen and oxygen atoms in total. The maximum atomic E-state index is 12.4. The molecule has 11 heteroatoms. The Morgan fingerprint density at radius 1 is 1.19 bits per heavy atom. The number of hydrogen-bond acceptors (Lipinski definition) is 6. The third kappa shape index (κ3) is 6.15. The lowest BCUT2D eigenvalue weighted by atomic mass is 10.1. The van der Waals surface area contributed by atoms with Crippen LogP contribution in [0, 0.1) is 10.1 Å². The fraction of sp³-hybridized carbons (Fsp3) is 0.350. The summed E-state index contributed by atoms with van der Waals surface area (Å²) in [6.07, 6.45) is 0.752. The zero-order chi connectivity index (χ0) is 22.3. The molecule has 166 valence electrons. The van der Waals surface area contributed by atoms with E-state index in [9.17, 15) is 18.5 Å². The molecule has 1 aliphatic heterocycles. The number of para-hydroxylation sites is 1. The van der Waals surface area contributed by atoms with Crippen LogP contribution in [0.25, 0.3) is 0 Å². The molecule has 1 heterocycles. The largest absolute Gasteiger partial charge is 0.488 e. The van der Waals surface area contributed by atoms with Gasteiger partial charge in [0, 0.05) is 38.2 Å². The molecule has 0 spiro atoms. The van der Waals surface area contributed by atoms with Gasteiger partial charge in [0.1, 0.15) is 11.9 Å². The molecule has 0 amide bonds. The van der Waals surface area contributed by atoms with Gasteiger partial charge in [0.25, 0.3) is 5.69 Å². The van der Waals surface area contributed by atoms with Crippen molar-refractivity contribution in [2.24, 2.45) is 4.99 Å². The molecule has 1 atom stereocenters. The molecule has 31 heavy (non-hydrogen) atoms. The minimum Gasteiger partial charge on any atom is -0.488 e. The number of benzene rings is 2. The zero-order valence-corrected chi connectivity index (χ0v) is 17.9. The van der Waals surface area contributed by atoms with E-state index >= 15 is 0 Å². The summed E-state index contributed by atoms with van der Waals surface area (Å²) in [5, 5.41) is 17.0. The van der Waals surface area contributed by atoms with Crippen molar-refractivity contribution in [3.8, 4) is 5.75 Å². The Morgan fingerprint density at radius 2 is 2.00 bits per heavy atom. The van der Waals surface area contributed by atoms with Gasteiger partial charge in [-0.3, -0.25) is 10.1 Å². The number of hydrogen-bond donors (Lipinski definition) is 3. The van der Waals surface area contributed by atoms with Crippen molar-refractivity contribution < 1.29 is 18.1 Å². The third-order valence-electron chi connectivity index (χ3n) is 4.56. The number of nitrogens with zero attached hydrogens (tertiary/aromatic N) is 2. The van der Waals surface area contributed by atoms with Gasteiger partial charge in [-0.15, -0.1) is 0 Å². The molecule has 0 saturated carbocycles. The monoisotopic (exact) mass is 447 g/mol. The quantitative estimate of drug-likeness (QED) is 0.174. The number of sulfonamides is 1. The van der Waals surface area contributed by atoms with Gasteiger partial charge >= 0.3 is 0 Å². The Kier molecular flexibility index (Phi) is 7.42. The molecule has 1 unspecified atom stereocenters. The molecule has 1 aliphatic rings. The number of nitro groups is 1. The van der Waals surface area contributed by atoms with Crippen LogP contribution in [0.1, 0.15) is 12.5 Å². The van der Waals surface area contributed by atoms with Crippen LogP contribution < -0.4 is 20.1 Å². The van der Waals surface area contributed by atoms with Crippen molar-refractivity contribution >= 4 is 21.7 Å². The van der Waals surface area contributed by atoms with Crippen LogP contribution in [-0.2, 0) is 16.4 Å². The van der Waals surface area contributed by atoms with Crippen LogP contribution in [0.2, 0.25) is 0 Å². The molecule has 0 bridgehead atoms. The fourth-order valence-corrected chi connectivity index (χ4v) is 4.18. The normalized spacial score (nSPS) is 15.8. The molecule has 2 aromatic rings. The van der Waals surface area contributed by atoms with E-state index in [-0.39, 0.29) is 29.8 Å². The van der Waals surface area contributed by atoms with Crippen LogP contribution in [0.3, 0.4) is 0 Å². The highest BCUT2D eigenvalue weighted by atomic mass is 32.2. The molecular formula is C20H25N5O5S. The van der Waals surface area contributed by atoms with Gasteiger partial charge in [0.2, 0.25) is 10.0 Å². The van der Waals surface area contributed by atoms with Gasteiger partial charge in [-0.2, -0.15) is 0 Å². The SMILES string of the molecule is CCNC(=NCC1Cc2ccccc2O1)NCCNS(=O)(=O)c1cccc([N+](=O)[O-])c1. The smallest absolute Gasteiger partial charge is 0.270 e. The second-order valence-electron chi connectivity index (χ2n) is 6.85. The molecule has 3 rings (SSSR count). The van der Waals surface area contributed by atoms with Crippen LogP contribution in [-0.4, -0.2) is 51.6 Å². The molecule has 3 N–H and O–H groups in total. The van der Waals surface area contributed by atoms with Crippen LogP contribution >= 0.6 is 0 Å². The van der Waals surface area contributed by atoms with Crippen molar-refractivity contribution in [2.45, 2.75) is 24.3 Å². The Bertz CT molecular complexity index is 1030. The first-order valence-corrected chi connectivity index (χ1v) is 11.4. The van der Waals surface area contributed by atoms with Crippen molar-refractivity contribution in [3.05, 3.63) is 64.2 Å². The summed E-state index contributed by atoms with van der Waals surface area (Å²) in [5.41, 5.74) is 0.884. The summed E-state index contributed by atoms with van der Waals surface area (Å²) < 4.78 is 33.0. The lowest BCUT2D eigenvalue weighted by Gasteiger charge is -2.13. The number of non-ortho nitro benzene ring substituents is 1. The summed E-state index contributed by atoms with van der Waals surface area (Å²) >= 11 is 0.